The highest BCUT2D eigenvalue weighted by atomic mass is 14.4. The fraction of sp³-hybridized carbons (Fsp3) is 0.0566. The van der Waals surface area contributed by atoms with Crippen LogP contribution in [0.15, 0.2) is 182 Å². The minimum Gasteiger partial charge on any atom is -0.0622 e. The predicted octanol–water partition coefficient (Wildman–Crippen LogP) is 14.8. The van der Waals surface area contributed by atoms with Gasteiger partial charge in [0.2, 0.25) is 0 Å². The zero-order valence-corrected chi connectivity index (χ0v) is 29.8. The number of rotatable bonds is 3. The van der Waals surface area contributed by atoms with Crippen molar-refractivity contribution in [1.82, 2.24) is 0 Å². The third-order valence-electron chi connectivity index (χ3n) is 12.0. The molecule has 0 aliphatic heterocycles. The Bertz CT molecular complexity index is 3090. The standard InChI is InChI=1S/C53H36/c1-53(2)49-23-13-12-20-42(49)47-32-36(26-29-50(47)53)52-44-22-11-10-21-43(44)51(45-28-24-34(30-48(45)52)33-14-4-3-5-15-33)35-25-27-41-39-18-7-6-16-37(39)38-17-8-9-19-40(38)46(41)31-35/h3-32H,1-2H3. The van der Waals surface area contributed by atoms with Crippen molar-refractivity contribution in [3.63, 3.8) is 0 Å². The van der Waals surface area contributed by atoms with E-state index in [1.807, 2.05) is 0 Å². The van der Waals surface area contributed by atoms with Gasteiger partial charge >= 0.3 is 0 Å². The fourth-order valence-electron chi connectivity index (χ4n) is 9.55. The summed E-state index contributed by atoms with van der Waals surface area (Å²) >= 11 is 0. The normalized spacial score (nSPS) is 13.2. The lowest BCUT2D eigenvalue weighted by molar-refractivity contribution is 0.660. The Morgan fingerprint density at radius 2 is 0.698 bits per heavy atom. The summed E-state index contributed by atoms with van der Waals surface area (Å²) in [5.74, 6) is 0. The molecule has 53 heavy (non-hydrogen) atoms. The summed E-state index contributed by atoms with van der Waals surface area (Å²) in [6.07, 6.45) is 0. The van der Waals surface area contributed by atoms with Gasteiger partial charge in [-0.25, -0.2) is 0 Å². The average Bonchev–Trinajstić information content (AvgIpc) is 3.45. The second-order valence-electron chi connectivity index (χ2n) is 15.2. The second-order valence-corrected chi connectivity index (χ2v) is 15.2. The van der Waals surface area contributed by atoms with E-state index in [-0.39, 0.29) is 5.41 Å². The van der Waals surface area contributed by atoms with Crippen LogP contribution in [0.1, 0.15) is 25.0 Å². The van der Waals surface area contributed by atoms with Crippen molar-refractivity contribution in [2.75, 3.05) is 0 Å². The van der Waals surface area contributed by atoms with E-state index in [1.165, 1.54) is 109 Å². The van der Waals surface area contributed by atoms with Crippen molar-refractivity contribution in [2.24, 2.45) is 0 Å². The van der Waals surface area contributed by atoms with Crippen molar-refractivity contribution in [1.29, 1.82) is 0 Å². The van der Waals surface area contributed by atoms with Gasteiger partial charge in [-0.05, 0) is 128 Å². The largest absolute Gasteiger partial charge is 0.0622 e. The molecule has 0 N–H and O–H groups in total. The monoisotopic (exact) mass is 672 g/mol. The molecule has 0 nitrogen and oxygen atoms in total. The molecule has 0 heteroatoms. The Balaban J connectivity index is 1.24. The molecule has 0 bridgehead atoms. The van der Waals surface area contributed by atoms with Crippen LogP contribution in [-0.4, -0.2) is 0 Å². The quantitative estimate of drug-likeness (QED) is 0.129. The SMILES string of the molecule is CC1(C)c2ccccc2-c2cc(-c3c4ccccc4c(-c4ccc5c6ccccc6c6ccccc6c5c4)c4ccc(-c5ccccc5)cc34)ccc21. The minimum atomic E-state index is -0.0372. The summed E-state index contributed by atoms with van der Waals surface area (Å²) in [5.41, 5.74) is 13.0. The molecule has 0 aromatic heterocycles. The minimum absolute atomic E-state index is 0.0372. The Morgan fingerprint density at radius 3 is 1.40 bits per heavy atom. The second kappa shape index (κ2) is 11.2. The first-order valence-electron chi connectivity index (χ1n) is 18.7. The summed E-state index contributed by atoms with van der Waals surface area (Å²) in [7, 11) is 0. The van der Waals surface area contributed by atoms with Crippen molar-refractivity contribution >= 4 is 53.9 Å². The van der Waals surface area contributed by atoms with Gasteiger partial charge in [0, 0.05) is 5.41 Å². The smallest absolute Gasteiger partial charge is 0.0158 e. The maximum Gasteiger partial charge on any atom is 0.0158 e. The van der Waals surface area contributed by atoms with Gasteiger partial charge in [-0.3, -0.25) is 0 Å². The van der Waals surface area contributed by atoms with E-state index in [9.17, 15) is 0 Å². The maximum atomic E-state index is 2.46. The van der Waals surface area contributed by atoms with E-state index in [1.54, 1.807) is 0 Å². The van der Waals surface area contributed by atoms with Crippen LogP contribution >= 0.6 is 0 Å². The molecular formula is C53H36. The van der Waals surface area contributed by atoms with Gasteiger partial charge in [0.1, 0.15) is 0 Å². The molecule has 0 unspecified atom stereocenters. The van der Waals surface area contributed by atoms with Crippen LogP contribution in [0.2, 0.25) is 0 Å². The first kappa shape index (κ1) is 30.2. The number of fused-ring (bicyclic) bond motifs is 11. The molecule has 0 saturated carbocycles. The molecule has 0 atom stereocenters. The first-order valence-corrected chi connectivity index (χ1v) is 18.7. The van der Waals surface area contributed by atoms with Crippen LogP contribution in [0.5, 0.6) is 0 Å². The zero-order valence-electron chi connectivity index (χ0n) is 29.8. The van der Waals surface area contributed by atoms with Gasteiger partial charge in [-0.15, -0.1) is 0 Å². The van der Waals surface area contributed by atoms with Crippen LogP contribution in [0.4, 0.5) is 0 Å². The van der Waals surface area contributed by atoms with E-state index >= 15 is 0 Å². The van der Waals surface area contributed by atoms with Gasteiger partial charge in [0.25, 0.3) is 0 Å². The Hall–Kier alpha value is -6.50. The van der Waals surface area contributed by atoms with Crippen LogP contribution in [0.3, 0.4) is 0 Å². The van der Waals surface area contributed by atoms with E-state index in [0.29, 0.717) is 0 Å². The number of hydrogen-bond acceptors (Lipinski definition) is 0. The lowest BCUT2D eigenvalue weighted by Gasteiger charge is -2.22. The topological polar surface area (TPSA) is 0 Å². The van der Waals surface area contributed by atoms with Crippen molar-refractivity contribution in [2.45, 2.75) is 19.3 Å². The molecule has 1 aliphatic carbocycles. The molecule has 10 aromatic rings. The van der Waals surface area contributed by atoms with Crippen LogP contribution in [0.25, 0.3) is 98.4 Å². The summed E-state index contributed by atoms with van der Waals surface area (Å²) in [4.78, 5) is 0. The van der Waals surface area contributed by atoms with Gasteiger partial charge in [0.05, 0.1) is 0 Å². The van der Waals surface area contributed by atoms with E-state index in [4.69, 9.17) is 0 Å². The lowest BCUT2D eigenvalue weighted by atomic mass is 9.81. The number of benzene rings is 10. The van der Waals surface area contributed by atoms with E-state index in [2.05, 4.69) is 196 Å². The predicted molar refractivity (Wildman–Crippen MR) is 228 cm³/mol. The van der Waals surface area contributed by atoms with Crippen molar-refractivity contribution < 1.29 is 0 Å². The Kier molecular flexibility index (Phi) is 6.40. The average molecular weight is 673 g/mol. The molecule has 0 heterocycles. The van der Waals surface area contributed by atoms with Gasteiger partial charge in [-0.1, -0.05) is 178 Å². The van der Waals surface area contributed by atoms with Gasteiger partial charge in [0.15, 0.2) is 0 Å². The molecule has 0 spiro atoms. The van der Waals surface area contributed by atoms with Gasteiger partial charge in [-0.2, -0.15) is 0 Å². The molecule has 1 aliphatic rings. The molecular weight excluding hydrogens is 637 g/mol. The third-order valence-corrected chi connectivity index (χ3v) is 12.0. The molecule has 0 fully saturated rings. The van der Waals surface area contributed by atoms with Crippen LogP contribution in [-0.2, 0) is 5.41 Å². The van der Waals surface area contributed by atoms with Crippen molar-refractivity contribution in [3.8, 4) is 44.5 Å². The highest BCUT2D eigenvalue weighted by Gasteiger charge is 2.35. The lowest BCUT2D eigenvalue weighted by Crippen LogP contribution is -2.14. The molecule has 11 rings (SSSR count). The Morgan fingerprint density at radius 1 is 0.264 bits per heavy atom. The fourth-order valence-corrected chi connectivity index (χ4v) is 9.55. The third kappa shape index (κ3) is 4.36. The Labute approximate surface area is 309 Å². The zero-order chi connectivity index (χ0) is 35.3. The molecule has 0 amide bonds. The highest BCUT2D eigenvalue weighted by Crippen LogP contribution is 2.52. The first-order chi connectivity index (χ1) is 26.1. The summed E-state index contributed by atoms with van der Waals surface area (Å²) < 4.78 is 0. The molecule has 248 valence electrons. The molecule has 0 radical (unpaired) electrons. The summed E-state index contributed by atoms with van der Waals surface area (Å²) in [6.45, 7) is 4.72. The van der Waals surface area contributed by atoms with Crippen molar-refractivity contribution in [3.05, 3.63) is 193 Å². The van der Waals surface area contributed by atoms with E-state index in [0.717, 1.165) is 0 Å². The van der Waals surface area contributed by atoms with E-state index < -0.39 is 0 Å². The molecule has 10 aromatic carbocycles. The maximum absolute atomic E-state index is 2.46. The summed E-state index contributed by atoms with van der Waals surface area (Å²) in [5, 5.41) is 12.9. The summed E-state index contributed by atoms with van der Waals surface area (Å²) in [6, 6.07) is 68.0. The van der Waals surface area contributed by atoms with Crippen LogP contribution < -0.4 is 0 Å². The highest BCUT2D eigenvalue weighted by molar-refractivity contribution is 6.27. The van der Waals surface area contributed by atoms with Gasteiger partial charge < -0.3 is 0 Å². The number of hydrogen-bond donors (Lipinski definition) is 0. The van der Waals surface area contributed by atoms with Crippen LogP contribution in [0, 0.1) is 0 Å². The molecule has 0 saturated heterocycles.